The highest BCUT2D eigenvalue weighted by Gasteiger charge is 2.44. The molecule has 3 rings (SSSR count). The van der Waals surface area contributed by atoms with Crippen LogP contribution in [0.25, 0.3) is 0 Å². The summed E-state index contributed by atoms with van der Waals surface area (Å²) in [5.74, 6) is -4.05. The van der Waals surface area contributed by atoms with Gasteiger partial charge in [-0.05, 0) is 37.0 Å². The van der Waals surface area contributed by atoms with E-state index in [1.807, 2.05) is 11.3 Å². The number of nitrogens with zero attached hydrogens (tertiary/aromatic N) is 2. The molecule has 3 heterocycles. The fraction of sp³-hybridized carbons (Fsp3) is 0.714. The first kappa shape index (κ1) is 31.1. The number of fused-ring (bicyclic) bond motifs is 1. The average molecular weight is 537 g/mol. The Morgan fingerprint density at radius 1 is 1.09 bits per heavy atom. The van der Waals surface area contributed by atoms with Gasteiger partial charge in [-0.3, -0.25) is 4.90 Å². The molecule has 0 saturated carbocycles. The Morgan fingerprint density at radius 2 is 1.60 bits per heavy atom. The summed E-state index contributed by atoms with van der Waals surface area (Å²) in [7, 11) is 0. The van der Waals surface area contributed by atoms with Gasteiger partial charge in [-0.2, -0.15) is 26.3 Å². The van der Waals surface area contributed by atoms with E-state index >= 15 is 0 Å². The van der Waals surface area contributed by atoms with E-state index in [2.05, 4.69) is 42.0 Å². The Labute approximate surface area is 203 Å². The molecular formula is C21H30F6N2O5S. The van der Waals surface area contributed by atoms with Gasteiger partial charge < -0.3 is 19.8 Å². The highest BCUT2D eigenvalue weighted by molar-refractivity contribution is 7.10. The zero-order valence-electron chi connectivity index (χ0n) is 19.5. The minimum atomic E-state index is -5.08. The monoisotopic (exact) mass is 536 g/mol. The molecule has 0 unspecified atom stereocenters. The van der Waals surface area contributed by atoms with Gasteiger partial charge in [0.1, 0.15) is 0 Å². The third-order valence-electron chi connectivity index (χ3n) is 5.72. The Balaban J connectivity index is 0.000000362. The van der Waals surface area contributed by atoms with Crippen molar-refractivity contribution in [2.45, 2.75) is 45.8 Å². The zero-order valence-corrected chi connectivity index (χ0v) is 20.3. The highest BCUT2D eigenvalue weighted by Crippen LogP contribution is 2.35. The molecular weight excluding hydrogens is 506 g/mol. The van der Waals surface area contributed by atoms with Gasteiger partial charge in [-0.1, -0.05) is 13.8 Å². The highest BCUT2D eigenvalue weighted by atomic mass is 32.1. The Hall–Kier alpha value is -1.90. The smallest absolute Gasteiger partial charge is 0.475 e. The molecule has 3 atom stereocenters. The molecule has 2 aliphatic heterocycles. The number of aliphatic carboxylic acids is 2. The summed E-state index contributed by atoms with van der Waals surface area (Å²) in [6, 6.07) is 2.23. The molecule has 1 aromatic rings. The second-order valence-corrected chi connectivity index (χ2v) is 9.11. The van der Waals surface area contributed by atoms with Crippen molar-refractivity contribution in [1.82, 2.24) is 9.80 Å². The van der Waals surface area contributed by atoms with Crippen LogP contribution in [0.2, 0.25) is 0 Å². The van der Waals surface area contributed by atoms with Crippen LogP contribution in [0.4, 0.5) is 26.3 Å². The second kappa shape index (κ2) is 13.4. The molecule has 0 aliphatic carbocycles. The molecule has 2 saturated heterocycles. The van der Waals surface area contributed by atoms with Crippen LogP contribution < -0.4 is 0 Å². The Morgan fingerprint density at radius 3 is 2.00 bits per heavy atom. The van der Waals surface area contributed by atoms with Crippen LogP contribution in [0.1, 0.15) is 24.3 Å². The average Bonchev–Trinajstić information content (AvgIpc) is 3.43. The molecule has 35 heavy (non-hydrogen) atoms. The molecule has 2 N–H and O–H groups in total. The van der Waals surface area contributed by atoms with Crippen LogP contribution >= 0.6 is 11.3 Å². The fourth-order valence-electron chi connectivity index (χ4n) is 3.78. The first-order valence-corrected chi connectivity index (χ1v) is 11.7. The number of carbonyl (C=O) groups is 2. The van der Waals surface area contributed by atoms with Crippen molar-refractivity contribution in [1.29, 1.82) is 0 Å². The second-order valence-electron chi connectivity index (χ2n) is 8.11. The number of hydrogen-bond donors (Lipinski definition) is 2. The number of hydrogen-bond acceptors (Lipinski definition) is 6. The molecule has 14 heteroatoms. The van der Waals surface area contributed by atoms with Crippen LogP contribution in [0, 0.1) is 18.8 Å². The Kier molecular flexibility index (Phi) is 11.9. The summed E-state index contributed by atoms with van der Waals surface area (Å²) >= 11 is 1.89. The first-order chi connectivity index (χ1) is 16.1. The predicted octanol–water partition coefficient (Wildman–Crippen LogP) is 4.11. The van der Waals surface area contributed by atoms with Crippen LogP contribution in [0.3, 0.4) is 0 Å². The Bertz CT molecular complexity index is 789. The summed E-state index contributed by atoms with van der Waals surface area (Å²) in [5.41, 5.74) is 1.44. The topological polar surface area (TPSA) is 90.3 Å². The van der Waals surface area contributed by atoms with Crippen LogP contribution in [0.5, 0.6) is 0 Å². The van der Waals surface area contributed by atoms with E-state index in [0.29, 0.717) is 6.10 Å². The molecule has 7 nitrogen and oxygen atoms in total. The third-order valence-corrected chi connectivity index (χ3v) is 6.73. The van der Waals surface area contributed by atoms with Crippen molar-refractivity contribution in [3.63, 3.8) is 0 Å². The molecule has 202 valence electrons. The largest absolute Gasteiger partial charge is 0.490 e. The molecule has 0 radical (unpaired) electrons. The fourth-order valence-corrected chi connectivity index (χ4v) is 4.73. The van der Waals surface area contributed by atoms with E-state index in [1.54, 1.807) is 0 Å². The summed E-state index contributed by atoms with van der Waals surface area (Å²) in [5, 5.41) is 16.5. The van der Waals surface area contributed by atoms with Gasteiger partial charge in [0.05, 0.1) is 12.7 Å². The maximum atomic E-state index is 10.6. The summed E-state index contributed by atoms with van der Waals surface area (Å²) in [4.78, 5) is 24.5. The van der Waals surface area contributed by atoms with Crippen molar-refractivity contribution >= 4 is 23.3 Å². The summed E-state index contributed by atoms with van der Waals surface area (Å²) < 4.78 is 69.6. The molecule has 0 amide bonds. The van der Waals surface area contributed by atoms with Crippen molar-refractivity contribution < 1.29 is 50.9 Å². The number of ether oxygens (including phenoxy) is 1. The van der Waals surface area contributed by atoms with Gasteiger partial charge in [0.15, 0.2) is 0 Å². The molecule has 0 bridgehead atoms. The number of alkyl halides is 6. The number of thiophene rings is 1. The van der Waals surface area contributed by atoms with E-state index in [4.69, 9.17) is 24.5 Å². The van der Waals surface area contributed by atoms with E-state index in [1.165, 1.54) is 23.5 Å². The molecule has 0 spiro atoms. The summed E-state index contributed by atoms with van der Waals surface area (Å²) in [6.07, 6.45) is -9.69. The number of likely N-dealkylation sites (tertiary alicyclic amines) is 1. The maximum absolute atomic E-state index is 10.6. The number of carboxylic acid groups (broad SMARTS) is 2. The van der Waals surface area contributed by atoms with Gasteiger partial charge >= 0.3 is 24.3 Å². The van der Waals surface area contributed by atoms with Gasteiger partial charge in [0.2, 0.25) is 0 Å². The van der Waals surface area contributed by atoms with Crippen molar-refractivity contribution in [3.8, 4) is 0 Å². The third kappa shape index (κ3) is 10.3. The number of rotatable bonds is 6. The van der Waals surface area contributed by atoms with E-state index < -0.39 is 24.3 Å². The zero-order chi connectivity index (χ0) is 27.0. The number of carboxylic acids is 2. The first-order valence-electron chi connectivity index (χ1n) is 10.8. The SMILES string of the molecule is CCN(CC)C[C@H]1CO[C@@H]2CN(Cc3sccc3C)C[C@H]12.O=C(O)C(F)(F)F.O=C(O)C(F)(F)F. The lowest BCUT2D eigenvalue weighted by Crippen LogP contribution is -2.34. The number of aryl methyl sites for hydroxylation is 1. The minimum Gasteiger partial charge on any atom is -0.475 e. The van der Waals surface area contributed by atoms with Crippen LogP contribution in [-0.4, -0.2) is 89.7 Å². The standard InChI is InChI=1S/C17H28N2OS.2C2HF3O2/c1-4-18(5-2)8-14-12-20-16-10-19(9-15(14)16)11-17-13(3)6-7-21-17;2*3-2(4,5)1(6)7/h6-7,14-16H,4-5,8-12H2,1-3H3;2*(H,6,7)/t14-,15+,16+;;/m0../s1. The predicted molar refractivity (Wildman–Crippen MR) is 116 cm³/mol. The van der Waals surface area contributed by atoms with Crippen molar-refractivity contribution in [2.24, 2.45) is 11.8 Å². The number of halogens is 6. The lowest BCUT2D eigenvalue weighted by molar-refractivity contribution is -0.193. The van der Waals surface area contributed by atoms with E-state index in [9.17, 15) is 26.3 Å². The molecule has 0 aromatic carbocycles. The lowest BCUT2D eigenvalue weighted by atomic mass is 9.92. The van der Waals surface area contributed by atoms with Gasteiger partial charge in [0.25, 0.3) is 0 Å². The maximum Gasteiger partial charge on any atom is 0.490 e. The van der Waals surface area contributed by atoms with E-state index in [-0.39, 0.29) is 0 Å². The normalized spacial score (nSPS) is 22.2. The minimum absolute atomic E-state index is 0.478. The lowest BCUT2D eigenvalue weighted by Gasteiger charge is -2.25. The molecule has 1 aromatic heterocycles. The quantitative estimate of drug-likeness (QED) is 0.529. The molecule has 2 fully saturated rings. The van der Waals surface area contributed by atoms with Crippen molar-refractivity contribution in [3.05, 3.63) is 21.9 Å². The molecule has 2 aliphatic rings. The van der Waals surface area contributed by atoms with Crippen molar-refractivity contribution in [2.75, 3.05) is 39.3 Å². The van der Waals surface area contributed by atoms with E-state index in [0.717, 1.165) is 44.6 Å². The summed E-state index contributed by atoms with van der Waals surface area (Å²) in [6.45, 7) is 14.7. The van der Waals surface area contributed by atoms with Gasteiger partial charge in [0, 0.05) is 42.9 Å². The van der Waals surface area contributed by atoms with Gasteiger partial charge in [-0.15, -0.1) is 11.3 Å². The van der Waals surface area contributed by atoms with Crippen LogP contribution in [-0.2, 0) is 20.9 Å². The van der Waals surface area contributed by atoms with Crippen LogP contribution in [0.15, 0.2) is 11.4 Å². The van der Waals surface area contributed by atoms with Gasteiger partial charge in [-0.25, -0.2) is 9.59 Å².